The molecule has 3 heterocycles. The van der Waals surface area contributed by atoms with E-state index in [-0.39, 0.29) is 25.3 Å². The maximum absolute atomic E-state index is 12.0. The SMILES string of the molecule is O=C(NC[C@]1(O)CN(c2ncccn2)C[C@H]1O)c1ccccn1. The van der Waals surface area contributed by atoms with Crippen molar-refractivity contribution >= 4 is 11.9 Å². The van der Waals surface area contributed by atoms with Gasteiger partial charge in [0.1, 0.15) is 17.4 Å². The van der Waals surface area contributed by atoms with Gasteiger partial charge in [-0.25, -0.2) is 9.97 Å². The molecule has 2 aromatic heterocycles. The molecular weight excluding hydrogens is 298 g/mol. The Bertz CT molecular complexity index is 669. The Hall–Kier alpha value is -2.58. The van der Waals surface area contributed by atoms with Crippen LogP contribution in [-0.4, -0.2) is 62.4 Å². The summed E-state index contributed by atoms with van der Waals surface area (Å²) in [6.45, 7) is 0.230. The van der Waals surface area contributed by atoms with E-state index in [4.69, 9.17) is 0 Å². The molecule has 0 bridgehead atoms. The highest BCUT2D eigenvalue weighted by molar-refractivity contribution is 5.92. The molecule has 1 fully saturated rings. The maximum Gasteiger partial charge on any atom is 0.269 e. The minimum absolute atomic E-state index is 0.0904. The van der Waals surface area contributed by atoms with Crippen molar-refractivity contribution in [2.45, 2.75) is 11.7 Å². The first kappa shape index (κ1) is 15.3. The minimum Gasteiger partial charge on any atom is -0.388 e. The molecule has 3 rings (SSSR count). The Morgan fingerprint density at radius 3 is 2.70 bits per heavy atom. The smallest absolute Gasteiger partial charge is 0.269 e. The zero-order valence-corrected chi connectivity index (χ0v) is 12.3. The monoisotopic (exact) mass is 315 g/mol. The molecule has 23 heavy (non-hydrogen) atoms. The number of amides is 1. The van der Waals surface area contributed by atoms with E-state index in [2.05, 4.69) is 20.3 Å². The van der Waals surface area contributed by atoms with Gasteiger partial charge in [0.25, 0.3) is 5.91 Å². The molecule has 3 N–H and O–H groups in total. The predicted octanol–water partition coefficient (Wildman–Crippen LogP) is -0.786. The van der Waals surface area contributed by atoms with Crippen LogP contribution >= 0.6 is 0 Å². The Balaban J connectivity index is 1.64. The number of carbonyl (C=O) groups excluding carboxylic acids is 1. The Kier molecular flexibility index (Phi) is 4.18. The molecule has 0 spiro atoms. The number of hydrogen-bond donors (Lipinski definition) is 3. The van der Waals surface area contributed by atoms with E-state index >= 15 is 0 Å². The van der Waals surface area contributed by atoms with Crippen molar-refractivity contribution in [3.63, 3.8) is 0 Å². The molecule has 1 saturated heterocycles. The van der Waals surface area contributed by atoms with E-state index in [0.29, 0.717) is 5.95 Å². The first-order chi connectivity index (χ1) is 11.1. The molecule has 1 aliphatic heterocycles. The summed E-state index contributed by atoms with van der Waals surface area (Å²) in [6, 6.07) is 6.68. The first-order valence-corrected chi connectivity index (χ1v) is 7.20. The summed E-state index contributed by atoms with van der Waals surface area (Å²) in [6.07, 6.45) is 3.68. The number of rotatable bonds is 4. The van der Waals surface area contributed by atoms with E-state index in [1.54, 1.807) is 41.6 Å². The van der Waals surface area contributed by atoms with Crippen molar-refractivity contribution < 1.29 is 15.0 Å². The highest BCUT2D eigenvalue weighted by Gasteiger charge is 2.45. The Morgan fingerprint density at radius 2 is 2.00 bits per heavy atom. The lowest BCUT2D eigenvalue weighted by Crippen LogP contribution is -2.51. The summed E-state index contributed by atoms with van der Waals surface area (Å²) >= 11 is 0. The number of carbonyl (C=O) groups is 1. The van der Waals surface area contributed by atoms with Crippen LogP contribution in [0.5, 0.6) is 0 Å². The van der Waals surface area contributed by atoms with Crippen LogP contribution in [0.25, 0.3) is 0 Å². The van der Waals surface area contributed by atoms with Crippen LogP contribution in [0.2, 0.25) is 0 Å². The van der Waals surface area contributed by atoms with Crippen LogP contribution in [0.3, 0.4) is 0 Å². The van der Waals surface area contributed by atoms with Gasteiger partial charge in [-0.1, -0.05) is 6.07 Å². The fraction of sp³-hybridized carbons (Fsp3) is 0.333. The predicted molar refractivity (Wildman–Crippen MR) is 81.8 cm³/mol. The zero-order valence-electron chi connectivity index (χ0n) is 12.3. The molecule has 8 nitrogen and oxygen atoms in total. The zero-order chi connectivity index (χ0) is 16.3. The fourth-order valence-corrected chi connectivity index (χ4v) is 2.48. The summed E-state index contributed by atoms with van der Waals surface area (Å²) in [5, 5.41) is 23.4. The van der Waals surface area contributed by atoms with Gasteiger partial charge in [0.15, 0.2) is 0 Å². The summed E-state index contributed by atoms with van der Waals surface area (Å²) in [7, 11) is 0. The van der Waals surface area contributed by atoms with Gasteiger partial charge in [-0.2, -0.15) is 0 Å². The van der Waals surface area contributed by atoms with Crippen molar-refractivity contribution in [3.8, 4) is 0 Å². The number of hydrogen-bond acceptors (Lipinski definition) is 7. The number of nitrogens with one attached hydrogen (secondary N) is 1. The van der Waals surface area contributed by atoms with E-state index in [0.717, 1.165) is 0 Å². The van der Waals surface area contributed by atoms with Gasteiger partial charge in [0.05, 0.1) is 13.1 Å². The highest BCUT2D eigenvalue weighted by Crippen LogP contribution is 2.24. The second kappa shape index (κ2) is 6.27. The first-order valence-electron chi connectivity index (χ1n) is 7.20. The molecule has 0 aromatic carbocycles. The number of anilines is 1. The standard InChI is InChI=1S/C15H17N5O3/c21-12-8-20(14-17-6-3-7-18-14)10-15(12,23)9-19-13(22)11-4-1-2-5-16-11/h1-7,12,21,23H,8-10H2,(H,19,22)/t12-,15+/m1/s1. The van der Waals surface area contributed by atoms with E-state index < -0.39 is 17.6 Å². The van der Waals surface area contributed by atoms with Gasteiger partial charge < -0.3 is 20.4 Å². The summed E-state index contributed by atoms with van der Waals surface area (Å²) < 4.78 is 0. The molecule has 0 saturated carbocycles. The topological polar surface area (TPSA) is 111 Å². The number of pyridine rings is 1. The number of aliphatic hydroxyl groups excluding tert-OH is 1. The average Bonchev–Trinajstić information content (AvgIpc) is 2.90. The third kappa shape index (κ3) is 3.27. The van der Waals surface area contributed by atoms with Crippen LogP contribution < -0.4 is 10.2 Å². The van der Waals surface area contributed by atoms with Gasteiger partial charge in [-0.15, -0.1) is 0 Å². The lowest BCUT2D eigenvalue weighted by molar-refractivity contribution is -0.0364. The normalized spacial score (nSPS) is 23.7. The van der Waals surface area contributed by atoms with Gasteiger partial charge >= 0.3 is 0 Å². The lowest BCUT2D eigenvalue weighted by Gasteiger charge is -2.25. The van der Waals surface area contributed by atoms with Gasteiger partial charge in [0, 0.05) is 25.1 Å². The lowest BCUT2D eigenvalue weighted by atomic mass is 10.0. The number of β-amino-alcohol motifs (C(OH)–C–C–N with tert-alkyl or cyclic N) is 2. The van der Waals surface area contributed by atoms with Gasteiger partial charge in [-0.3, -0.25) is 9.78 Å². The maximum atomic E-state index is 12.0. The molecule has 1 aliphatic rings. The van der Waals surface area contributed by atoms with Crippen LogP contribution in [0, 0.1) is 0 Å². The van der Waals surface area contributed by atoms with E-state index in [1.807, 2.05) is 0 Å². The molecule has 2 aromatic rings. The van der Waals surface area contributed by atoms with Crippen molar-refractivity contribution in [3.05, 3.63) is 48.5 Å². The van der Waals surface area contributed by atoms with E-state index in [9.17, 15) is 15.0 Å². The number of nitrogens with zero attached hydrogens (tertiary/aromatic N) is 4. The molecule has 120 valence electrons. The largest absolute Gasteiger partial charge is 0.388 e. The van der Waals surface area contributed by atoms with E-state index in [1.165, 1.54) is 6.20 Å². The van der Waals surface area contributed by atoms with Crippen molar-refractivity contribution in [1.82, 2.24) is 20.3 Å². The van der Waals surface area contributed by atoms with Crippen LogP contribution in [0.4, 0.5) is 5.95 Å². The molecule has 0 aliphatic carbocycles. The van der Waals surface area contributed by atoms with Crippen molar-refractivity contribution in [2.75, 3.05) is 24.5 Å². The molecule has 8 heteroatoms. The summed E-state index contributed by atoms with van der Waals surface area (Å²) in [5.74, 6) is 0.0270. The molecule has 0 radical (unpaired) electrons. The Morgan fingerprint density at radius 1 is 1.26 bits per heavy atom. The van der Waals surface area contributed by atoms with Crippen molar-refractivity contribution in [1.29, 1.82) is 0 Å². The van der Waals surface area contributed by atoms with Gasteiger partial charge in [0.2, 0.25) is 5.95 Å². The second-order valence-electron chi connectivity index (χ2n) is 5.45. The molecular formula is C15H17N5O3. The summed E-state index contributed by atoms with van der Waals surface area (Å²) in [5.41, 5.74) is -1.21. The third-order valence-electron chi connectivity index (χ3n) is 3.77. The average molecular weight is 315 g/mol. The van der Waals surface area contributed by atoms with Gasteiger partial charge in [-0.05, 0) is 18.2 Å². The summed E-state index contributed by atoms with van der Waals surface area (Å²) in [4.78, 5) is 25.8. The van der Waals surface area contributed by atoms with Crippen LogP contribution in [0.15, 0.2) is 42.9 Å². The highest BCUT2D eigenvalue weighted by atomic mass is 16.3. The minimum atomic E-state index is -1.47. The number of aromatic nitrogens is 3. The number of aliphatic hydroxyl groups is 2. The fourth-order valence-electron chi connectivity index (χ4n) is 2.48. The van der Waals surface area contributed by atoms with Crippen LogP contribution in [-0.2, 0) is 0 Å². The van der Waals surface area contributed by atoms with Crippen LogP contribution in [0.1, 0.15) is 10.5 Å². The molecule has 1 amide bonds. The van der Waals surface area contributed by atoms with Crippen molar-refractivity contribution in [2.24, 2.45) is 0 Å². The molecule has 0 unspecified atom stereocenters. The second-order valence-corrected chi connectivity index (χ2v) is 5.45. The Labute approximate surface area is 132 Å². The third-order valence-corrected chi connectivity index (χ3v) is 3.77. The quantitative estimate of drug-likeness (QED) is 0.678. The molecule has 2 atom stereocenters.